The van der Waals surface area contributed by atoms with E-state index < -0.39 is 0 Å². The number of nitrogens with one attached hydrogen (secondary N) is 2. The lowest BCUT2D eigenvalue weighted by molar-refractivity contribution is 0.301. The van der Waals surface area contributed by atoms with Crippen molar-refractivity contribution < 1.29 is 4.74 Å². The maximum Gasteiger partial charge on any atom is 0.186 e. The minimum atomic E-state index is 0.514. The van der Waals surface area contributed by atoms with E-state index in [1.54, 1.807) is 6.21 Å². The summed E-state index contributed by atoms with van der Waals surface area (Å²) in [6, 6.07) is 12.4. The predicted octanol–water partition coefficient (Wildman–Crippen LogP) is 4.90. The largest absolute Gasteiger partial charge is 0.487 e. The molecular weight excluding hydrogens is 675 g/mol. The molecule has 4 nitrogen and oxygen atoms in total. The van der Waals surface area contributed by atoms with Crippen molar-refractivity contribution in [1.29, 1.82) is 0 Å². The van der Waals surface area contributed by atoms with E-state index in [4.69, 9.17) is 17.0 Å². The van der Waals surface area contributed by atoms with E-state index in [1.807, 2.05) is 19.1 Å². The van der Waals surface area contributed by atoms with Crippen molar-refractivity contribution in [3.05, 3.63) is 58.2 Å². The summed E-state index contributed by atoms with van der Waals surface area (Å²) in [5.74, 6) is 0.896. The second-order valence-electron chi connectivity index (χ2n) is 4.96. The van der Waals surface area contributed by atoms with Gasteiger partial charge in [-0.2, -0.15) is 5.10 Å². The van der Waals surface area contributed by atoms with Gasteiger partial charge < -0.3 is 10.1 Å². The number of ether oxygens (including phenoxy) is 1. The van der Waals surface area contributed by atoms with Crippen molar-refractivity contribution in [2.75, 3.05) is 6.54 Å². The summed E-state index contributed by atoms with van der Waals surface area (Å²) in [5, 5.41) is 7.64. The van der Waals surface area contributed by atoms with Crippen LogP contribution in [0.4, 0.5) is 0 Å². The number of benzene rings is 2. The van der Waals surface area contributed by atoms with Crippen LogP contribution in [0.1, 0.15) is 18.1 Å². The molecule has 0 aliphatic rings. The van der Waals surface area contributed by atoms with Gasteiger partial charge in [0.1, 0.15) is 12.4 Å². The molecule has 25 heavy (non-hydrogen) atoms. The van der Waals surface area contributed by atoms with Crippen LogP contribution in [0.3, 0.4) is 0 Å². The number of thiocarbonyl (C=S) groups is 1. The lowest BCUT2D eigenvalue weighted by Crippen LogP contribution is -2.31. The van der Waals surface area contributed by atoms with E-state index in [0.29, 0.717) is 11.7 Å². The Morgan fingerprint density at radius 2 is 1.80 bits per heavy atom. The van der Waals surface area contributed by atoms with Crippen LogP contribution < -0.4 is 15.5 Å². The number of rotatable bonds is 6. The molecule has 0 aliphatic carbocycles. The summed E-state index contributed by atoms with van der Waals surface area (Å²) < 4.78 is 9.33. The maximum absolute atomic E-state index is 6.01. The van der Waals surface area contributed by atoms with Crippen LogP contribution in [0.2, 0.25) is 0 Å². The van der Waals surface area contributed by atoms with Gasteiger partial charge in [-0.05, 0) is 122 Å². The molecule has 8 heteroatoms. The normalized spacial score (nSPS) is 10.7. The highest BCUT2D eigenvalue weighted by molar-refractivity contribution is 14.1. The number of hydrazone groups is 1. The Morgan fingerprint density at radius 1 is 1.16 bits per heavy atom. The molecule has 0 aromatic heterocycles. The third kappa shape index (κ3) is 7.13. The fraction of sp³-hybridized carbons (Fsp3) is 0.176. The van der Waals surface area contributed by atoms with Crippen LogP contribution in [-0.4, -0.2) is 17.9 Å². The molecule has 0 unspecified atom stereocenters. The highest BCUT2D eigenvalue weighted by Crippen LogP contribution is 2.29. The zero-order valence-corrected chi connectivity index (χ0v) is 20.6. The van der Waals surface area contributed by atoms with Crippen LogP contribution in [-0.2, 0) is 6.61 Å². The average molecular weight is 691 g/mol. The SMILES string of the molecule is CCNC(=S)N/N=C\c1cc(I)c(OCc2ccc(I)cc2)c(I)c1. The fourth-order valence-electron chi connectivity index (χ4n) is 1.89. The Morgan fingerprint density at radius 3 is 2.40 bits per heavy atom. The predicted molar refractivity (Wildman–Crippen MR) is 132 cm³/mol. The molecule has 0 amide bonds. The van der Waals surface area contributed by atoms with Crippen molar-refractivity contribution in [3.8, 4) is 5.75 Å². The number of halogens is 3. The highest BCUT2D eigenvalue weighted by atomic mass is 127. The molecule has 2 N–H and O–H groups in total. The molecule has 132 valence electrons. The fourth-order valence-corrected chi connectivity index (χ4v) is 4.58. The summed E-state index contributed by atoms with van der Waals surface area (Å²) in [6.07, 6.45) is 1.75. The molecule has 0 saturated carbocycles. The molecule has 0 atom stereocenters. The number of hydrogen-bond acceptors (Lipinski definition) is 3. The Hall–Kier alpha value is -0.210. The topological polar surface area (TPSA) is 45.7 Å². The molecule has 0 aliphatic heterocycles. The van der Waals surface area contributed by atoms with Gasteiger partial charge in [0, 0.05) is 10.1 Å². The number of nitrogens with zero attached hydrogens (tertiary/aromatic N) is 1. The number of hydrogen-bond donors (Lipinski definition) is 2. The van der Waals surface area contributed by atoms with Crippen LogP contribution in [0, 0.1) is 10.7 Å². The molecule has 2 aromatic rings. The smallest absolute Gasteiger partial charge is 0.186 e. The molecule has 0 fully saturated rings. The Bertz CT molecular complexity index is 743. The minimum Gasteiger partial charge on any atom is -0.487 e. The monoisotopic (exact) mass is 691 g/mol. The molecule has 0 heterocycles. The van der Waals surface area contributed by atoms with Crippen LogP contribution in [0.15, 0.2) is 41.5 Å². The van der Waals surface area contributed by atoms with E-state index in [1.165, 1.54) is 3.57 Å². The molecule has 0 bridgehead atoms. The Balaban J connectivity index is 2.02. The van der Waals surface area contributed by atoms with Gasteiger partial charge in [-0.3, -0.25) is 5.43 Å². The first kappa shape index (κ1) is 21.1. The van der Waals surface area contributed by atoms with Crippen LogP contribution in [0.5, 0.6) is 5.75 Å². The summed E-state index contributed by atoms with van der Waals surface area (Å²) in [5.41, 5.74) is 4.93. The van der Waals surface area contributed by atoms with Crippen molar-refractivity contribution in [2.45, 2.75) is 13.5 Å². The van der Waals surface area contributed by atoms with Gasteiger partial charge in [0.05, 0.1) is 13.4 Å². The van der Waals surface area contributed by atoms with Crippen LogP contribution in [0.25, 0.3) is 0 Å². The summed E-state index contributed by atoms with van der Waals surface area (Å²) in [7, 11) is 0. The average Bonchev–Trinajstić information content (AvgIpc) is 2.56. The molecule has 2 rings (SSSR count). The molecule has 0 spiro atoms. The van der Waals surface area contributed by atoms with Crippen molar-refractivity contribution >= 4 is 91.3 Å². The van der Waals surface area contributed by atoms with Crippen molar-refractivity contribution in [2.24, 2.45) is 5.10 Å². The lowest BCUT2D eigenvalue weighted by atomic mass is 10.2. The minimum absolute atomic E-state index is 0.514. The van der Waals surface area contributed by atoms with Gasteiger partial charge in [0.15, 0.2) is 5.11 Å². The summed E-state index contributed by atoms with van der Waals surface area (Å²) in [4.78, 5) is 0. The lowest BCUT2D eigenvalue weighted by Gasteiger charge is -2.11. The van der Waals surface area contributed by atoms with E-state index in [-0.39, 0.29) is 0 Å². The molecular formula is C17H16I3N3OS. The quantitative estimate of drug-likeness (QED) is 0.196. The first-order valence-electron chi connectivity index (χ1n) is 7.42. The van der Waals surface area contributed by atoms with E-state index in [0.717, 1.165) is 30.6 Å². The second-order valence-corrected chi connectivity index (χ2v) is 8.94. The van der Waals surface area contributed by atoms with Gasteiger partial charge in [-0.15, -0.1) is 0 Å². The maximum atomic E-state index is 6.01. The second kappa shape index (κ2) is 10.8. The molecule has 2 aromatic carbocycles. The molecule has 0 saturated heterocycles. The van der Waals surface area contributed by atoms with Crippen molar-refractivity contribution in [1.82, 2.24) is 10.7 Å². The van der Waals surface area contributed by atoms with Gasteiger partial charge in [0.2, 0.25) is 0 Å². The van der Waals surface area contributed by atoms with Crippen LogP contribution >= 0.6 is 80.0 Å². The van der Waals surface area contributed by atoms with E-state index in [2.05, 4.69) is 108 Å². The van der Waals surface area contributed by atoms with Gasteiger partial charge in [0.25, 0.3) is 0 Å². The Kier molecular flexibility index (Phi) is 9.13. The Labute approximate surface area is 194 Å². The zero-order chi connectivity index (χ0) is 18.2. The summed E-state index contributed by atoms with van der Waals surface area (Å²) >= 11 is 11.9. The van der Waals surface area contributed by atoms with Gasteiger partial charge >= 0.3 is 0 Å². The first-order valence-corrected chi connectivity index (χ1v) is 11.1. The highest BCUT2D eigenvalue weighted by Gasteiger charge is 2.09. The first-order chi connectivity index (χ1) is 12.0. The standard InChI is InChI=1S/C17H16I3N3OS/c1-2-21-17(25)23-22-9-12-7-14(19)16(15(20)8-12)24-10-11-3-5-13(18)6-4-11/h3-9H,2,10H2,1H3,(H2,21,23,25)/b22-9-. The van der Waals surface area contributed by atoms with Gasteiger partial charge in [-0.1, -0.05) is 12.1 Å². The van der Waals surface area contributed by atoms with E-state index >= 15 is 0 Å². The van der Waals surface area contributed by atoms with Crippen molar-refractivity contribution in [3.63, 3.8) is 0 Å². The third-order valence-corrected chi connectivity index (χ3v) is 5.59. The van der Waals surface area contributed by atoms with E-state index in [9.17, 15) is 0 Å². The third-order valence-electron chi connectivity index (χ3n) is 3.03. The van der Waals surface area contributed by atoms with Gasteiger partial charge in [-0.25, -0.2) is 0 Å². The zero-order valence-electron chi connectivity index (χ0n) is 13.4. The molecule has 0 radical (unpaired) electrons. The summed E-state index contributed by atoms with van der Waals surface area (Å²) in [6.45, 7) is 3.30.